The molecule has 0 spiro atoms. The van der Waals surface area contributed by atoms with Gasteiger partial charge >= 0.3 is 0 Å². The van der Waals surface area contributed by atoms with Crippen molar-refractivity contribution in [1.29, 1.82) is 0 Å². The van der Waals surface area contributed by atoms with Gasteiger partial charge < -0.3 is 9.47 Å². The molecule has 1 heterocycles. The van der Waals surface area contributed by atoms with Crippen molar-refractivity contribution in [3.8, 4) is 34.0 Å². The van der Waals surface area contributed by atoms with Gasteiger partial charge in [0.2, 0.25) is 0 Å². The number of aromatic nitrogens is 2. The van der Waals surface area contributed by atoms with Gasteiger partial charge in [0.15, 0.2) is 0 Å². The van der Waals surface area contributed by atoms with Gasteiger partial charge in [0, 0.05) is 11.1 Å². The molecule has 0 aliphatic heterocycles. The van der Waals surface area contributed by atoms with Crippen molar-refractivity contribution in [3.05, 3.63) is 95.0 Å². The Bertz CT molecular complexity index is 1180. The third kappa shape index (κ3) is 4.42. The molecule has 3 aromatic carbocycles. The SMILES string of the molecule is C=Cc1ccc(Cn2nc(-c3ccc(OC)cc3)c(Br)c2-c2ccc(OC)cc2)cc1. The molecule has 0 unspecified atom stereocenters. The lowest BCUT2D eigenvalue weighted by atomic mass is 10.1. The van der Waals surface area contributed by atoms with E-state index in [1.54, 1.807) is 14.2 Å². The molecular weight excluding hydrogens is 452 g/mol. The summed E-state index contributed by atoms with van der Waals surface area (Å²) in [7, 11) is 3.34. The molecule has 0 amide bonds. The first-order valence-electron chi connectivity index (χ1n) is 9.89. The van der Waals surface area contributed by atoms with E-state index in [1.807, 2.05) is 47.2 Å². The molecule has 0 aliphatic carbocycles. The Kier molecular flexibility index (Phi) is 6.23. The van der Waals surface area contributed by atoms with Crippen LogP contribution in [-0.2, 0) is 6.54 Å². The van der Waals surface area contributed by atoms with E-state index < -0.39 is 0 Å². The number of rotatable bonds is 7. The minimum Gasteiger partial charge on any atom is -0.497 e. The summed E-state index contributed by atoms with van der Waals surface area (Å²) in [4.78, 5) is 0. The van der Waals surface area contributed by atoms with Crippen molar-refractivity contribution in [1.82, 2.24) is 9.78 Å². The zero-order valence-electron chi connectivity index (χ0n) is 17.5. The van der Waals surface area contributed by atoms with E-state index in [-0.39, 0.29) is 0 Å². The molecule has 4 aromatic rings. The van der Waals surface area contributed by atoms with Gasteiger partial charge in [-0.05, 0) is 75.6 Å². The molecule has 0 bridgehead atoms. The van der Waals surface area contributed by atoms with Gasteiger partial charge in [-0.3, -0.25) is 4.68 Å². The molecule has 0 N–H and O–H groups in total. The van der Waals surface area contributed by atoms with Crippen LogP contribution >= 0.6 is 15.9 Å². The van der Waals surface area contributed by atoms with Crippen LogP contribution in [0, 0.1) is 0 Å². The fourth-order valence-electron chi connectivity index (χ4n) is 3.44. The summed E-state index contributed by atoms with van der Waals surface area (Å²) < 4.78 is 13.6. The Morgan fingerprint density at radius 3 is 1.90 bits per heavy atom. The van der Waals surface area contributed by atoms with Gasteiger partial charge in [-0.2, -0.15) is 5.10 Å². The van der Waals surface area contributed by atoms with E-state index >= 15 is 0 Å². The first-order valence-corrected chi connectivity index (χ1v) is 10.7. The van der Waals surface area contributed by atoms with Crippen molar-refractivity contribution < 1.29 is 9.47 Å². The molecule has 0 atom stereocenters. The Balaban J connectivity index is 1.80. The first kappa shape index (κ1) is 20.9. The molecule has 31 heavy (non-hydrogen) atoms. The van der Waals surface area contributed by atoms with Crippen LogP contribution in [0.3, 0.4) is 0 Å². The van der Waals surface area contributed by atoms with Crippen molar-refractivity contribution in [3.63, 3.8) is 0 Å². The number of ether oxygens (including phenoxy) is 2. The number of nitrogens with zero attached hydrogens (tertiary/aromatic N) is 2. The fraction of sp³-hybridized carbons (Fsp3) is 0.115. The lowest BCUT2D eigenvalue weighted by molar-refractivity contribution is 0.414. The Hall–Kier alpha value is -3.31. The zero-order chi connectivity index (χ0) is 21.8. The van der Waals surface area contributed by atoms with Crippen LogP contribution < -0.4 is 9.47 Å². The average Bonchev–Trinajstić information content (AvgIpc) is 3.15. The highest BCUT2D eigenvalue weighted by atomic mass is 79.9. The number of benzene rings is 3. The maximum atomic E-state index is 5.33. The second-order valence-electron chi connectivity index (χ2n) is 7.07. The molecule has 1 aromatic heterocycles. The van der Waals surface area contributed by atoms with E-state index in [9.17, 15) is 0 Å². The first-order chi connectivity index (χ1) is 15.1. The van der Waals surface area contributed by atoms with Crippen molar-refractivity contribution in [2.75, 3.05) is 14.2 Å². The summed E-state index contributed by atoms with van der Waals surface area (Å²) in [6.45, 7) is 4.48. The molecule has 0 fully saturated rings. The summed E-state index contributed by atoms with van der Waals surface area (Å²) in [5, 5.41) is 4.97. The molecule has 5 heteroatoms. The number of hydrogen-bond donors (Lipinski definition) is 0. The van der Waals surface area contributed by atoms with Gasteiger partial charge in [-0.25, -0.2) is 0 Å². The number of hydrogen-bond acceptors (Lipinski definition) is 3. The van der Waals surface area contributed by atoms with Crippen molar-refractivity contribution in [2.24, 2.45) is 0 Å². The lowest BCUT2D eigenvalue weighted by Crippen LogP contribution is -2.04. The van der Waals surface area contributed by atoms with Gasteiger partial charge in [0.25, 0.3) is 0 Å². The molecule has 4 rings (SSSR count). The van der Waals surface area contributed by atoms with Gasteiger partial charge in [0.05, 0.1) is 30.9 Å². The molecule has 0 aliphatic rings. The zero-order valence-corrected chi connectivity index (χ0v) is 19.1. The van der Waals surface area contributed by atoms with Crippen LogP contribution in [0.1, 0.15) is 11.1 Å². The van der Waals surface area contributed by atoms with Crippen molar-refractivity contribution in [2.45, 2.75) is 6.54 Å². The van der Waals surface area contributed by atoms with E-state index in [1.165, 1.54) is 0 Å². The third-order valence-corrected chi connectivity index (χ3v) is 5.92. The van der Waals surface area contributed by atoms with E-state index in [0.29, 0.717) is 6.54 Å². The monoisotopic (exact) mass is 474 g/mol. The van der Waals surface area contributed by atoms with Crippen LogP contribution in [0.2, 0.25) is 0 Å². The van der Waals surface area contributed by atoms with E-state index in [2.05, 4.69) is 58.9 Å². The predicted octanol–water partition coefficient (Wildman–Crippen LogP) is 6.69. The Morgan fingerprint density at radius 1 is 0.839 bits per heavy atom. The second kappa shape index (κ2) is 9.23. The van der Waals surface area contributed by atoms with Crippen LogP contribution in [-0.4, -0.2) is 24.0 Å². The Labute approximate surface area is 190 Å². The summed E-state index contributed by atoms with van der Waals surface area (Å²) in [5.41, 5.74) is 6.24. The molecular formula is C26H23BrN2O2. The quantitative estimate of drug-likeness (QED) is 0.299. The highest BCUT2D eigenvalue weighted by molar-refractivity contribution is 9.10. The summed E-state index contributed by atoms with van der Waals surface area (Å²) >= 11 is 3.82. The van der Waals surface area contributed by atoms with Crippen LogP contribution in [0.25, 0.3) is 28.6 Å². The van der Waals surface area contributed by atoms with E-state index in [0.717, 1.165) is 49.6 Å². The smallest absolute Gasteiger partial charge is 0.118 e. The Morgan fingerprint density at radius 2 is 1.39 bits per heavy atom. The van der Waals surface area contributed by atoms with Crippen LogP contribution in [0.5, 0.6) is 11.5 Å². The topological polar surface area (TPSA) is 36.3 Å². The molecule has 0 radical (unpaired) electrons. The van der Waals surface area contributed by atoms with Crippen LogP contribution in [0.15, 0.2) is 83.8 Å². The fourth-order valence-corrected chi connectivity index (χ4v) is 4.19. The summed E-state index contributed by atoms with van der Waals surface area (Å²) in [6, 6.07) is 24.3. The van der Waals surface area contributed by atoms with Gasteiger partial charge in [-0.15, -0.1) is 0 Å². The van der Waals surface area contributed by atoms with E-state index in [4.69, 9.17) is 14.6 Å². The summed E-state index contributed by atoms with van der Waals surface area (Å²) in [6.07, 6.45) is 1.85. The minimum atomic E-state index is 0.646. The van der Waals surface area contributed by atoms with Crippen LogP contribution in [0.4, 0.5) is 0 Å². The molecule has 0 saturated heterocycles. The molecule has 156 valence electrons. The molecule has 0 saturated carbocycles. The lowest BCUT2D eigenvalue weighted by Gasteiger charge is -2.09. The summed E-state index contributed by atoms with van der Waals surface area (Å²) in [5.74, 6) is 1.64. The normalized spacial score (nSPS) is 10.7. The largest absolute Gasteiger partial charge is 0.497 e. The molecule has 4 nitrogen and oxygen atoms in total. The minimum absolute atomic E-state index is 0.646. The number of methoxy groups -OCH3 is 2. The third-order valence-electron chi connectivity index (χ3n) is 5.17. The van der Waals surface area contributed by atoms with Gasteiger partial charge in [0.1, 0.15) is 17.2 Å². The highest BCUT2D eigenvalue weighted by Crippen LogP contribution is 2.38. The average molecular weight is 475 g/mol. The standard InChI is InChI=1S/C26H23BrN2O2/c1-4-18-5-7-19(8-6-18)17-29-26(21-11-15-23(31-3)16-12-21)24(27)25(28-29)20-9-13-22(30-2)14-10-20/h4-16H,1,17H2,2-3H3. The number of halogens is 1. The second-order valence-corrected chi connectivity index (χ2v) is 7.86. The highest BCUT2D eigenvalue weighted by Gasteiger charge is 2.19. The predicted molar refractivity (Wildman–Crippen MR) is 130 cm³/mol. The maximum absolute atomic E-state index is 5.33. The van der Waals surface area contributed by atoms with Gasteiger partial charge in [-0.1, -0.05) is 36.9 Å². The van der Waals surface area contributed by atoms with Crippen molar-refractivity contribution >= 4 is 22.0 Å². The maximum Gasteiger partial charge on any atom is 0.118 e.